The second-order valence-corrected chi connectivity index (χ2v) is 7.62. The van der Waals surface area contributed by atoms with Crippen molar-refractivity contribution in [1.82, 2.24) is 5.32 Å². The van der Waals surface area contributed by atoms with Gasteiger partial charge in [-0.3, -0.25) is 0 Å². The standard InChI is InChI=1S/C13H27NOS/c1-5-16-13(6-8-15-9-7-13)11-14-10-12(2,3)4/h14H,5-11H2,1-4H3. The fourth-order valence-electron chi connectivity index (χ4n) is 2.09. The summed E-state index contributed by atoms with van der Waals surface area (Å²) >= 11 is 2.11. The summed E-state index contributed by atoms with van der Waals surface area (Å²) in [5.41, 5.74) is 0.378. The fraction of sp³-hybridized carbons (Fsp3) is 1.00. The average molecular weight is 245 g/mol. The lowest BCUT2D eigenvalue weighted by molar-refractivity contribution is 0.0766. The molecule has 0 amide bonds. The molecule has 1 fully saturated rings. The SMILES string of the molecule is CCSC1(CNCC(C)(C)C)CCOCC1. The van der Waals surface area contributed by atoms with Gasteiger partial charge < -0.3 is 10.1 Å². The van der Waals surface area contributed by atoms with Gasteiger partial charge in [0, 0.05) is 31.1 Å². The predicted molar refractivity (Wildman–Crippen MR) is 73.2 cm³/mol. The summed E-state index contributed by atoms with van der Waals surface area (Å²) in [6, 6.07) is 0. The van der Waals surface area contributed by atoms with Crippen LogP contribution in [0.1, 0.15) is 40.5 Å². The van der Waals surface area contributed by atoms with E-state index in [2.05, 4.69) is 44.8 Å². The molecule has 0 aliphatic carbocycles. The molecule has 1 aliphatic rings. The van der Waals surface area contributed by atoms with Crippen LogP contribution in [0.2, 0.25) is 0 Å². The van der Waals surface area contributed by atoms with E-state index in [4.69, 9.17) is 4.74 Å². The number of ether oxygens (including phenoxy) is 1. The highest BCUT2D eigenvalue weighted by atomic mass is 32.2. The summed E-state index contributed by atoms with van der Waals surface area (Å²) in [5.74, 6) is 1.21. The lowest BCUT2D eigenvalue weighted by Crippen LogP contribution is -2.44. The van der Waals surface area contributed by atoms with Crippen molar-refractivity contribution in [2.24, 2.45) is 5.41 Å². The Morgan fingerprint density at radius 1 is 1.25 bits per heavy atom. The Labute approximate surface area is 105 Å². The van der Waals surface area contributed by atoms with Crippen molar-refractivity contribution in [3.8, 4) is 0 Å². The Kier molecular flexibility index (Phi) is 5.62. The Hall–Kier alpha value is 0.270. The minimum atomic E-state index is 0.378. The second-order valence-electron chi connectivity index (χ2n) is 5.89. The molecule has 16 heavy (non-hydrogen) atoms. The first-order chi connectivity index (χ1) is 7.47. The summed E-state index contributed by atoms with van der Waals surface area (Å²) < 4.78 is 5.91. The summed E-state index contributed by atoms with van der Waals surface area (Å²) in [6.07, 6.45) is 2.39. The predicted octanol–water partition coefficient (Wildman–Crippen LogP) is 2.92. The number of rotatable bonds is 5. The first kappa shape index (κ1) is 14.3. The molecule has 0 aromatic heterocycles. The van der Waals surface area contributed by atoms with Gasteiger partial charge in [0.15, 0.2) is 0 Å². The first-order valence-corrected chi connectivity index (χ1v) is 7.38. The van der Waals surface area contributed by atoms with Gasteiger partial charge in [0.2, 0.25) is 0 Å². The molecular weight excluding hydrogens is 218 g/mol. The molecule has 0 spiro atoms. The van der Waals surface area contributed by atoms with Crippen LogP contribution in [0.15, 0.2) is 0 Å². The van der Waals surface area contributed by atoms with Gasteiger partial charge in [0.1, 0.15) is 0 Å². The van der Waals surface area contributed by atoms with Crippen LogP contribution in [0.3, 0.4) is 0 Å². The van der Waals surface area contributed by atoms with Crippen LogP contribution in [-0.4, -0.2) is 36.8 Å². The highest BCUT2D eigenvalue weighted by Crippen LogP contribution is 2.34. The van der Waals surface area contributed by atoms with E-state index in [0.717, 1.165) is 26.3 Å². The molecule has 1 heterocycles. The normalized spacial score (nSPS) is 21.0. The van der Waals surface area contributed by atoms with Gasteiger partial charge in [-0.1, -0.05) is 27.7 Å². The Balaban J connectivity index is 2.38. The quantitative estimate of drug-likeness (QED) is 0.805. The molecule has 0 aromatic carbocycles. The van der Waals surface area contributed by atoms with Crippen LogP contribution in [0.4, 0.5) is 0 Å². The van der Waals surface area contributed by atoms with E-state index >= 15 is 0 Å². The summed E-state index contributed by atoms with van der Waals surface area (Å²) in [4.78, 5) is 0. The van der Waals surface area contributed by atoms with Crippen LogP contribution in [-0.2, 0) is 4.74 Å². The van der Waals surface area contributed by atoms with Crippen LogP contribution in [0.25, 0.3) is 0 Å². The van der Waals surface area contributed by atoms with Crippen molar-refractivity contribution in [3.63, 3.8) is 0 Å². The summed E-state index contributed by atoms with van der Waals surface area (Å²) in [6.45, 7) is 13.2. The maximum absolute atomic E-state index is 5.48. The molecule has 1 saturated heterocycles. The number of hydrogen-bond acceptors (Lipinski definition) is 3. The Bertz CT molecular complexity index is 189. The maximum atomic E-state index is 5.48. The first-order valence-electron chi connectivity index (χ1n) is 6.40. The van der Waals surface area contributed by atoms with Gasteiger partial charge in [-0.05, 0) is 24.0 Å². The van der Waals surface area contributed by atoms with Crippen molar-refractivity contribution in [2.45, 2.75) is 45.3 Å². The molecule has 0 radical (unpaired) electrons. The summed E-state index contributed by atoms with van der Waals surface area (Å²) in [7, 11) is 0. The zero-order chi connectivity index (χ0) is 12.1. The molecule has 3 heteroatoms. The minimum Gasteiger partial charge on any atom is -0.381 e. The third kappa shape index (κ3) is 5.07. The highest BCUT2D eigenvalue weighted by molar-refractivity contribution is 8.00. The zero-order valence-corrected chi connectivity index (χ0v) is 12.1. The van der Waals surface area contributed by atoms with E-state index < -0.39 is 0 Å². The Morgan fingerprint density at radius 2 is 1.88 bits per heavy atom. The van der Waals surface area contributed by atoms with E-state index in [1.165, 1.54) is 18.6 Å². The van der Waals surface area contributed by atoms with Crippen LogP contribution < -0.4 is 5.32 Å². The molecule has 1 N–H and O–H groups in total. The van der Waals surface area contributed by atoms with E-state index in [-0.39, 0.29) is 0 Å². The van der Waals surface area contributed by atoms with E-state index in [1.807, 2.05) is 0 Å². The lowest BCUT2D eigenvalue weighted by Gasteiger charge is -2.37. The molecule has 1 rings (SSSR count). The van der Waals surface area contributed by atoms with Gasteiger partial charge in [0.05, 0.1) is 0 Å². The number of hydrogen-bond donors (Lipinski definition) is 1. The van der Waals surface area contributed by atoms with Crippen LogP contribution in [0, 0.1) is 5.41 Å². The number of thioether (sulfide) groups is 1. The third-order valence-corrected chi connectivity index (χ3v) is 4.41. The van der Waals surface area contributed by atoms with Gasteiger partial charge in [-0.25, -0.2) is 0 Å². The van der Waals surface area contributed by atoms with Crippen molar-refractivity contribution in [2.75, 3.05) is 32.1 Å². The number of nitrogens with one attached hydrogen (secondary N) is 1. The van der Waals surface area contributed by atoms with Gasteiger partial charge in [-0.2, -0.15) is 11.8 Å². The molecule has 0 bridgehead atoms. The van der Waals surface area contributed by atoms with E-state index in [0.29, 0.717) is 10.2 Å². The van der Waals surface area contributed by atoms with Crippen LogP contribution >= 0.6 is 11.8 Å². The van der Waals surface area contributed by atoms with Crippen LogP contribution in [0.5, 0.6) is 0 Å². The van der Waals surface area contributed by atoms with Crippen molar-refractivity contribution in [1.29, 1.82) is 0 Å². The molecule has 0 aromatic rings. The smallest absolute Gasteiger partial charge is 0.0479 e. The monoisotopic (exact) mass is 245 g/mol. The van der Waals surface area contributed by atoms with E-state index in [1.54, 1.807) is 0 Å². The van der Waals surface area contributed by atoms with Gasteiger partial charge in [-0.15, -0.1) is 0 Å². The summed E-state index contributed by atoms with van der Waals surface area (Å²) in [5, 5.41) is 3.64. The maximum Gasteiger partial charge on any atom is 0.0479 e. The highest BCUT2D eigenvalue weighted by Gasteiger charge is 2.32. The topological polar surface area (TPSA) is 21.3 Å². The van der Waals surface area contributed by atoms with Crippen molar-refractivity contribution >= 4 is 11.8 Å². The fourth-order valence-corrected chi connectivity index (χ4v) is 3.36. The van der Waals surface area contributed by atoms with E-state index in [9.17, 15) is 0 Å². The molecule has 1 aliphatic heterocycles. The van der Waals surface area contributed by atoms with Gasteiger partial charge in [0.25, 0.3) is 0 Å². The largest absolute Gasteiger partial charge is 0.381 e. The average Bonchev–Trinajstić information content (AvgIpc) is 2.17. The molecule has 2 nitrogen and oxygen atoms in total. The lowest BCUT2D eigenvalue weighted by atomic mass is 9.95. The molecule has 96 valence electrons. The third-order valence-electron chi connectivity index (χ3n) is 2.96. The molecule has 0 atom stereocenters. The zero-order valence-electron chi connectivity index (χ0n) is 11.3. The molecule has 0 saturated carbocycles. The van der Waals surface area contributed by atoms with Crippen molar-refractivity contribution in [3.05, 3.63) is 0 Å². The second kappa shape index (κ2) is 6.27. The Morgan fingerprint density at radius 3 is 2.38 bits per heavy atom. The minimum absolute atomic E-state index is 0.378. The molecular formula is C13H27NOS. The molecule has 0 unspecified atom stereocenters. The van der Waals surface area contributed by atoms with Crippen molar-refractivity contribution < 1.29 is 4.74 Å². The van der Waals surface area contributed by atoms with Gasteiger partial charge >= 0.3 is 0 Å².